The van der Waals surface area contributed by atoms with Crippen molar-refractivity contribution in [2.45, 2.75) is 51.9 Å². The van der Waals surface area contributed by atoms with E-state index in [1.165, 1.54) is 0 Å². The molecule has 142 valence electrons. The topological polar surface area (TPSA) is 116 Å². The first-order chi connectivity index (χ1) is 12.0. The van der Waals surface area contributed by atoms with Gasteiger partial charge in [0.25, 0.3) is 0 Å². The molecule has 0 aliphatic heterocycles. The molecule has 0 aliphatic carbocycles. The van der Waals surface area contributed by atoms with Crippen molar-refractivity contribution in [3.8, 4) is 0 Å². The Bertz CT molecular complexity index is 660. The minimum absolute atomic E-state index is 0.370. The van der Waals surface area contributed by atoms with Crippen molar-refractivity contribution < 1.29 is 38.5 Å². The highest BCUT2D eigenvalue weighted by Gasteiger charge is 2.32. The minimum atomic E-state index is -1.70. The van der Waals surface area contributed by atoms with Gasteiger partial charge in [-0.05, 0) is 20.8 Å². The summed E-state index contributed by atoms with van der Waals surface area (Å²) in [5.74, 6) is -4.16. The van der Waals surface area contributed by atoms with Crippen molar-refractivity contribution in [1.82, 2.24) is 0 Å². The number of benzene rings is 1. The normalized spacial score (nSPS) is 13.2. The van der Waals surface area contributed by atoms with Gasteiger partial charge in [0.2, 0.25) is 12.2 Å². The molecule has 8 nitrogen and oxygen atoms in total. The maximum atomic E-state index is 12.4. The fraction of sp³-hybridized carbons (Fsp3) is 0.444. The maximum Gasteiger partial charge on any atom is 0.352 e. The van der Waals surface area contributed by atoms with Gasteiger partial charge < -0.3 is 19.3 Å². The molecule has 1 unspecified atom stereocenters. The van der Waals surface area contributed by atoms with Gasteiger partial charge in [0.05, 0.1) is 6.42 Å². The van der Waals surface area contributed by atoms with Gasteiger partial charge in [-0.3, -0.25) is 9.59 Å². The average molecular weight is 366 g/mol. The molecule has 0 saturated heterocycles. The second kappa shape index (κ2) is 8.98. The molecule has 0 bridgehead atoms. The van der Waals surface area contributed by atoms with Crippen LogP contribution in [0.5, 0.6) is 0 Å². The van der Waals surface area contributed by atoms with Gasteiger partial charge in [0.1, 0.15) is 5.60 Å². The highest BCUT2D eigenvalue weighted by molar-refractivity contribution is 5.85. The first kappa shape index (κ1) is 21.1. The second-order valence-electron chi connectivity index (χ2n) is 6.45. The van der Waals surface area contributed by atoms with Gasteiger partial charge in [0, 0.05) is 12.5 Å². The van der Waals surface area contributed by atoms with Gasteiger partial charge in [-0.2, -0.15) is 0 Å². The Balaban J connectivity index is 2.94. The fourth-order valence-electron chi connectivity index (χ4n) is 1.95. The summed E-state index contributed by atoms with van der Waals surface area (Å²) < 4.78 is 14.9. The summed E-state index contributed by atoms with van der Waals surface area (Å²) in [5, 5.41) is 9.01. The summed E-state index contributed by atoms with van der Waals surface area (Å²) in [4.78, 5) is 46.5. The van der Waals surface area contributed by atoms with Gasteiger partial charge in [-0.25, -0.2) is 9.59 Å². The van der Waals surface area contributed by atoms with E-state index in [1.807, 2.05) is 0 Å². The molecule has 1 aromatic rings. The van der Waals surface area contributed by atoms with E-state index in [2.05, 4.69) is 4.74 Å². The van der Waals surface area contributed by atoms with E-state index < -0.39 is 48.1 Å². The number of aliphatic carboxylic acids is 1. The van der Waals surface area contributed by atoms with Crippen LogP contribution in [0.2, 0.25) is 0 Å². The molecule has 0 aromatic heterocycles. The fourth-order valence-corrected chi connectivity index (χ4v) is 1.95. The second-order valence-corrected chi connectivity index (χ2v) is 6.45. The van der Waals surface area contributed by atoms with Crippen LogP contribution in [0.3, 0.4) is 0 Å². The van der Waals surface area contributed by atoms with E-state index in [4.69, 9.17) is 14.6 Å². The zero-order valence-corrected chi connectivity index (χ0v) is 15.1. The molecular formula is C18H22O8. The zero-order chi connectivity index (χ0) is 19.9. The summed E-state index contributed by atoms with van der Waals surface area (Å²) in [6, 6.07) is 8.17. The molecule has 8 heteroatoms. The van der Waals surface area contributed by atoms with Crippen LogP contribution in [0, 0.1) is 0 Å². The number of carboxylic acid groups (broad SMARTS) is 1. The predicted octanol–water partition coefficient (Wildman–Crippen LogP) is 2.02. The van der Waals surface area contributed by atoms with Gasteiger partial charge >= 0.3 is 23.9 Å². The Hall–Kier alpha value is -2.90. The molecule has 0 aliphatic rings. The van der Waals surface area contributed by atoms with Gasteiger partial charge in [-0.15, -0.1) is 0 Å². The van der Waals surface area contributed by atoms with Crippen LogP contribution in [0.25, 0.3) is 0 Å². The highest BCUT2D eigenvalue weighted by Crippen LogP contribution is 2.23. The molecule has 0 spiro atoms. The Morgan fingerprint density at radius 2 is 1.62 bits per heavy atom. The van der Waals surface area contributed by atoms with Crippen LogP contribution in [0.1, 0.15) is 45.8 Å². The molecule has 2 atom stereocenters. The van der Waals surface area contributed by atoms with Crippen molar-refractivity contribution in [3.63, 3.8) is 0 Å². The highest BCUT2D eigenvalue weighted by atomic mass is 16.6. The molecule has 1 rings (SSSR count). The third-order valence-electron chi connectivity index (χ3n) is 2.91. The molecule has 0 amide bonds. The lowest BCUT2D eigenvalue weighted by molar-refractivity contribution is -0.179. The Labute approximate surface area is 151 Å². The lowest BCUT2D eigenvalue weighted by atomic mass is 10.1. The van der Waals surface area contributed by atoms with Crippen LogP contribution in [0.4, 0.5) is 0 Å². The molecule has 0 radical (unpaired) electrons. The predicted molar refractivity (Wildman–Crippen MR) is 88.9 cm³/mol. The summed E-state index contributed by atoms with van der Waals surface area (Å²) >= 11 is 0. The van der Waals surface area contributed by atoms with Crippen LogP contribution in [0.15, 0.2) is 30.3 Å². The largest absolute Gasteiger partial charge is 0.478 e. The number of carbonyl (C=O) groups excluding carboxylic acids is 3. The van der Waals surface area contributed by atoms with E-state index in [9.17, 15) is 19.2 Å². The Morgan fingerprint density at radius 1 is 1.04 bits per heavy atom. The first-order valence-electron chi connectivity index (χ1n) is 7.87. The van der Waals surface area contributed by atoms with Crippen molar-refractivity contribution in [1.29, 1.82) is 0 Å². The van der Waals surface area contributed by atoms with Crippen molar-refractivity contribution in [2.75, 3.05) is 0 Å². The van der Waals surface area contributed by atoms with E-state index in [1.54, 1.807) is 51.1 Å². The summed E-state index contributed by atoms with van der Waals surface area (Å²) in [6.07, 6.45) is -3.80. The lowest BCUT2D eigenvalue weighted by Gasteiger charge is -2.24. The van der Waals surface area contributed by atoms with Crippen LogP contribution >= 0.6 is 0 Å². The number of rotatable bonds is 7. The smallest absolute Gasteiger partial charge is 0.352 e. The number of carboxylic acids is 1. The molecule has 1 aromatic carbocycles. The average Bonchev–Trinajstić information content (AvgIpc) is 2.50. The lowest BCUT2D eigenvalue weighted by Crippen LogP contribution is -2.33. The summed E-state index contributed by atoms with van der Waals surface area (Å²) in [5.41, 5.74) is -0.438. The number of hydrogen-bond acceptors (Lipinski definition) is 7. The summed E-state index contributed by atoms with van der Waals surface area (Å²) in [7, 11) is 0. The van der Waals surface area contributed by atoms with Gasteiger partial charge in [0.15, 0.2) is 0 Å². The molecule has 0 heterocycles. The van der Waals surface area contributed by atoms with E-state index >= 15 is 0 Å². The number of esters is 3. The van der Waals surface area contributed by atoms with Crippen LogP contribution < -0.4 is 0 Å². The first-order valence-corrected chi connectivity index (χ1v) is 7.87. The SMILES string of the molecule is CC(=O)OC(CC(=O)O[C@H](C(=O)OC(C)(C)C)c1ccccc1)C(=O)O. The number of carbonyl (C=O) groups is 4. The van der Waals surface area contributed by atoms with E-state index in [-0.39, 0.29) is 0 Å². The number of ether oxygens (including phenoxy) is 3. The van der Waals surface area contributed by atoms with Crippen molar-refractivity contribution >= 4 is 23.9 Å². The molecule has 0 saturated carbocycles. The standard InChI is InChI=1S/C18H22O8/c1-11(19)24-13(16(21)22)10-14(20)25-15(12-8-6-5-7-9-12)17(23)26-18(2,3)4/h5-9,13,15H,10H2,1-4H3,(H,21,22)/t13?,15-/m0/s1. The third-order valence-corrected chi connectivity index (χ3v) is 2.91. The van der Waals surface area contributed by atoms with E-state index in [0.717, 1.165) is 6.92 Å². The summed E-state index contributed by atoms with van der Waals surface area (Å²) in [6.45, 7) is 6.01. The van der Waals surface area contributed by atoms with Gasteiger partial charge in [-0.1, -0.05) is 30.3 Å². The molecule has 26 heavy (non-hydrogen) atoms. The third kappa shape index (κ3) is 7.33. The Morgan fingerprint density at radius 3 is 2.08 bits per heavy atom. The van der Waals surface area contributed by atoms with Crippen LogP contribution in [-0.2, 0) is 33.4 Å². The van der Waals surface area contributed by atoms with E-state index in [0.29, 0.717) is 5.56 Å². The molecule has 1 N–H and O–H groups in total. The Kier molecular flexibility index (Phi) is 7.30. The monoisotopic (exact) mass is 366 g/mol. The number of hydrogen-bond donors (Lipinski definition) is 1. The minimum Gasteiger partial charge on any atom is -0.478 e. The van der Waals surface area contributed by atoms with Crippen molar-refractivity contribution in [3.05, 3.63) is 35.9 Å². The maximum absolute atomic E-state index is 12.4. The molecule has 0 fully saturated rings. The quantitative estimate of drug-likeness (QED) is 0.575. The zero-order valence-electron chi connectivity index (χ0n) is 15.1. The van der Waals surface area contributed by atoms with Crippen LogP contribution in [-0.4, -0.2) is 40.7 Å². The van der Waals surface area contributed by atoms with Crippen molar-refractivity contribution in [2.24, 2.45) is 0 Å². The molecular weight excluding hydrogens is 344 g/mol.